The fourth-order valence-electron chi connectivity index (χ4n) is 1.21. The fraction of sp³-hybridized carbons (Fsp3) is 0.231. The van der Waals surface area contributed by atoms with E-state index in [1.807, 2.05) is 6.07 Å². The van der Waals surface area contributed by atoms with Crippen molar-refractivity contribution >= 4 is 11.9 Å². The first-order valence-corrected chi connectivity index (χ1v) is 5.24. The van der Waals surface area contributed by atoms with E-state index in [2.05, 4.69) is 11.9 Å². The summed E-state index contributed by atoms with van der Waals surface area (Å²) in [7, 11) is 1.51. The first-order chi connectivity index (χ1) is 8.06. The summed E-state index contributed by atoms with van der Waals surface area (Å²) in [6.07, 6.45) is 0. The van der Waals surface area contributed by atoms with E-state index in [1.54, 1.807) is 31.2 Å². The standard InChI is InChI=1S/C13H15NO3/c1-9(12(15)14-3)10(2)13(16)17-11-7-5-4-6-8-11/h4-9H,2H2,1,3H3,(H,14,15). The molecule has 0 heterocycles. The molecule has 0 aromatic heterocycles. The molecular formula is C13H15NO3. The van der Waals surface area contributed by atoms with Crippen molar-refractivity contribution in [2.45, 2.75) is 6.92 Å². The van der Waals surface area contributed by atoms with Gasteiger partial charge in [-0.25, -0.2) is 4.79 Å². The van der Waals surface area contributed by atoms with Crippen molar-refractivity contribution in [2.75, 3.05) is 7.05 Å². The number of esters is 1. The van der Waals surface area contributed by atoms with Crippen LogP contribution in [0.15, 0.2) is 42.5 Å². The Morgan fingerprint density at radius 1 is 1.29 bits per heavy atom. The summed E-state index contributed by atoms with van der Waals surface area (Å²) in [6, 6.07) is 8.66. The molecule has 0 saturated heterocycles. The molecule has 0 bridgehead atoms. The Morgan fingerprint density at radius 3 is 2.41 bits per heavy atom. The fourth-order valence-corrected chi connectivity index (χ4v) is 1.21. The second-order valence-corrected chi connectivity index (χ2v) is 3.56. The Balaban J connectivity index is 2.65. The SMILES string of the molecule is C=C(C(=O)Oc1ccccc1)C(C)C(=O)NC. The van der Waals surface area contributed by atoms with Crippen molar-refractivity contribution < 1.29 is 14.3 Å². The van der Waals surface area contributed by atoms with Crippen LogP contribution >= 0.6 is 0 Å². The van der Waals surface area contributed by atoms with Crippen molar-refractivity contribution in [3.63, 3.8) is 0 Å². The van der Waals surface area contributed by atoms with Crippen LogP contribution in [0.5, 0.6) is 5.75 Å². The number of nitrogens with one attached hydrogen (secondary N) is 1. The summed E-state index contributed by atoms with van der Waals surface area (Å²) in [6.45, 7) is 5.19. The highest BCUT2D eigenvalue weighted by Gasteiger charge is 2.22. The Morgan fingerprint density at radius 2 is 1.88 bits per heavy atom. The van der Waals surface area contributed by atoms with Gasteiger partial charge in [-0.05, 0) is 19.1 Å². The first-order valence-electron chi connectivity index (χ1n) is 5.24. The Kier molecular flexibility index (Phi) is 4.46. The van der Waals surface area contributed by atoms with Crippen LogP contribution in [0.4, 0.5) is 0 Å². The van der Waals surface area contributed by atoms with Crippen molar-refractivity contribution in [3.05, 3.63) is 42.5 Å². The van der Waals surface area contributed by atoms with Crippen molar-refractivity contribution in [2.24, 2.45) is 5.92 Å². The van der Waals surface area contributed by atoms with Gasteiger partial charge in [-0.1, -0.05) is 24.8 Å². The molecule has 1 N–H and O–H groups in total. The molecule has 1 rings (SSSR count). The van der Waals surface area contributed by atoms with E-state index in [0.29, 0.717) is 5.75 Å². The van der Waals surface area contributed by atoms with E-state index < -0.39 is 11.9 Å². The van der Waals surface area contributed by atoms with Gasteiger partial charge in [0, 0.05) is 12.6 Å². The Labute approximate surface area is 100 Å². The number of rotatable bonds is 4. The molecule has 0 radical (unpaired) electrons. The highest BCUT2D eigenvalue weighted by atomic mass is 16.5. The van der Waals surface area contributed by atoms with Gasteiger partial charge in [0.25, 0.3) is 0 Å². The zero-order valence-electron chi connectivity index (χ0n) is 9.90. The molecule has 1 aromatic rings. The Bertz CT molecular complexity index is 426. The largest absolute Gasteiger partial charge is 0.423 e. The van der Waals surface area contributed by atoms with Crippen LogP contribution in [-0.4, -0.2) is 18.9 Å². The molecule has 1 aromatic carbocycles. The summed E-state index contributed by atoms with van der Waals surface area (Å²) >= 11 is 0. The second-order valence-electron chi connectivity index (χ2n) is 3.56. The Hall–Kier alpha value is -2.10. The van der Waals surface area contributed by atoms with Gasteiger partial charge in [0.1, 0.15) is 5.75 Å². The van der Waals surface area contributed by atoms with E-state index in [4.69, 9.17) is 4.74 Å². The maximum absolute atomic E-state index is 11.7. The van der Waals surface area contributed by atoms with Gasteiger partial charge in [-0.3, -0.25) is 4.79 Å². The van der Waals surface area contributed by atoms with Crippen LogP contribution in [0, 0.1) is 5.92 Å². The van der Waals surface area contributed by atoms with Crippen LogP contribution in [0.1, 0.15) is 6.92 Å². The van der Waals surface area contributed by atoms with Crippen LogP contribution in [0.2, 0.25) is 0 Å². The minimum absolute atomic E-state index is 0.133. The van der Waals surface area contributed by atoms with Crippen LogP contribution < -0.4 is 10.1 Å². The second kappa shape index (κ2) is 5.84. The number of carbonyl (C=O) groups is 2. The number of benzene rings is 1. The predicted molar refractivity (Wildman–Crippen MR) is 64.4 cm³/mol. The van der Waals surface area contributed by atoms with E-state index in [9.17, 15) is 9.59 Å². The van der Waals surface area contributed by atoms with Crippen LogP contribution in [0.3, 0.4) is 0 Å². The summed E-state index contributed by atoms with van der Waals surface area (Å²) in [5, 5.41) is 2.46. The quantitative estimate of drug-likeness (QED) is 0.487. The lowest BCUT2D eigenvalue weighted by Gasteiger charge is -2.12. The lowest BCUT2D eigenvalue weighted by molar-refractivity contribution is -0.133. The number of carbonyl (C=O) groups excluding carboxylic acids is 2. The van der Waals surface area contributed by atoms with Gasteiger partial charge in [0.05, 0.1) is 5.92 Å². The number of amides is 1. The molecule has 1 atom stereocenters. The van der Waals surface area contributed by atoms with Gasteiger partial charge >= 0.3 is 5.97 Å². The minimum Gasteiger partial charge on any atom is -0.423 e. The van der Waals surface area contributed by atoms with Gasteiger partial charge < -0.3 is 10.1 Å². The molecule has 0 fully saturated rings. The first kappa shape index (κ1) is 13.0. The molecule has 1 unspecified atom stereocenters. The maximum atomic E-state index is 11.7. The lowest BCUT2D eigenvalue weighted by atomic mass is 10.0. The summed E-state index contributed by atoms with van der Waals surface area (Å²) < 4.78 is 5.07. The van der Waals surface area contributed by atoms with E-state index in [-0.39, 0.29) is 11.5 Å². The van der Waals surface area contributed by atoms with Crippen molar-refractivity contribution in [3.8, 4) is 5.75 Å². The molecule has 0 saturated carbocycles. The molecule has 90 valence electrons. The minimum atomic E-state index is -0.601. The number of ether oxygens (including phenoxy) is 1. The predicted octanol–water partition coefficient (Wildman–Crippen LogP) is 1.53. The zero-order chi connectivity index (χ0) is 12.8. The van der Waals surface area contributed by atoms with Gasteiger partial charge in [-0.2, -0.15) is 0 Å². The zero-order valence-corrected chi connectivity index (χ0v) is 9.90. The average Bonchev–Trinajstić information content (AvgIpc) is 2.37. The lowest BCUT2D eigenvalue weighted by Crippen LogP contribution is -2.30. The summed E-state index contributed by atoms with van der Waals surface area (Å²) in [4.78, 5) is 23.0. The topological polar surface area (TPSA) is 55.4 Å². The number of para-hydroxylation sites is 1. The molecule has 1 amide bonds. The van der Waals surface area contributed by atoms with Crippen molar-refractivity contribution in [1.82, 2.24) is 5.32 Å². The molecule has 0 aliphatic carbocycles. The summed E-state index contributed by atoms with van der Waals surface area (Å²) in [5.74, 6) is -1.02. The molecule has 0 aliphatic heterocycles. The highest BCUT2D eigenvalue weighted by Crippen LogP contribution is 2.14. The van der Waals surface area contributed by atoms with Crippen LogP contribution in [0.25, 0.3) is 0 Å². The van der Waals surface area contributed by atoms with E-state index in [0.717, 1.165) is 0 Å². The third kappa shape index (κ3) is 3.45. The van der Waals surface area contributed by atoms with Crippen LogP contribution in [-0.2, 0) is 9.59 Å². The van der Waals surface area contributed by atoms with E-state index >= 15 is 0 Å². The molecule has 0 spiro atoms. The summed E-state index contributed by atoms with van der Waals surface area (Å²) in [5.41, 5.74) is 0.133. The smallest absolute Gasteiger partial charge is 0.339 e. The highest BCUT2D eigenvalue weighted by molar-refractivity contribution is 5.97. The molecule has 0 aliphatic rings. The average molecular weight is 233 g/mol. The van der Waals surface area contributed by atoms with E-state index in [1.165, 1.54) is 7.05 Å². The van der Waals surface area contributed by atoms with Gasteiger partial charge in [0.15, 0.2) is 0 Å². The molecule has 4 heteroatoms. The molecule has 4 nitrogen and oxygen atoms in total. The number of hydrogen-bond donors (Lipinski definition) is 1. The van der Waals surface area contributed by atoms with Gasteiger partial charge in [0.2, 0.25) is 5.91 Å². The normalized spacial score (nSPS) is 11.4. The van der Waals surface area contributed by atoms with Crippen molar-refractivity contribution in [1.29, 1.82) is 0 Å². The maximum Gasteiger partial charge on any atom is 0.339 e. The molecular weight excluding hydrogens is 218 g/mol. The third-order valence-electron chi connectivity index (χ3n) is 2.38. The molecule has 17 heavy (non-hydrogen) atoms. The number of hydrogen-bond acceptors (Lipinski definition) is 3. The third-order valence-corrected chi connectivity index (χ3v) is 2.38. The monoisotopic (exact) mass is 233 g/mol. The van der Waals surface area contributed by atoms with Gasteiger partial charge in [-0.15, -0.1) is 0 Å².